The lowest BCUT2D eigenvalue weighted by Gasteiger charge is -2.27. The second-order valence-corrected chi connectivity index (χ2v) is 9.00. The Morgan fingerprint density at radius 1 is 0.800 bits per heavy atom. The van der Waals surface area contributed by atoms with E-state index < -0.39 is 0 Å². The maximum atomic E-state index is 4.20. The van der Waals surface area contributed by atoms with E-state index in [4.69, 9.17) is 0 Å². The SMILES string of the molecule is C=C(C(C)C)N(C)CC(C)CCCCCCCCC(C)CNC(C)C. The van der Waals surface area contributed by atoms with Crippen molar-refractivity contribution in [2.75, 3.05) is 20.1 Å². The average Bonchev–Trinajstić information content (AvgIpc) is 2.54. The molecule has 0 fully saturated rings. The van der Waals surface area contributed by atoms with Gasteiger partial charge in [0.2, 0.25) is 0 Å². The smallest absolute Gasteiger partial charge is 0.0197 e. The Kier molecular flexibility index (Phi) is 14.4. The van der Waals surface area contributed by atoms with Gasteiger partial charge in [0.1, 0.15) is 0 Å². The van der Waals surface area contributed by atoms with Crippen LogP contribution in [0.5, 0.6) is 0 Å². The second-order valence-electron chi connectivity index (χ2n) is 9.00. The number of hydrogen-bond acceptors (Lipinski definition) is 2. The number of allylic oxidation sites excluding steroid dienone is 1. The lowest BCUT2D eigenvalue weighted by Crippen LogP contribution is -2.27. The average molecular weight is 353 g/mol. The predicted octanol–water partition coefficient (Wildman–Crippen LogP) is 6.48. The second kappa shape index (κ2) is 14.6. The lowest BCUT2D eigenvalue weighted by atomic mass is 9.99. The summed E-state index contributed by atoms with van der Waals surface area (Å²) in [6, 6.07) is 0.619. The summed E-state index contributed by atoms with van der Waals surface area (Å²) in [5, 5.41) is 3.54. The van der Waals surface area contributed by atoms with Gasteiger partial charge < -0.3 is 10.2 Å². The molecule has 0 aromatic heterocycles. The van der Waals surface area contributed by atoms with E-state index in [0.29, 0.717) is 12.0 Å². The van der Waals surface area contributed by atoms with Crippen molar-refractivity contribution in [2.45, 2.75) is 99.0 Å². The molecule has 0 bridgehead atoms. The Hall–Kier alpha value is -0.500. The molecule has 25 heavy (non-hydrogen) atoms. The van der Waals surface area contributed by atoms with E-state index in [1.807, 2.05) is 0 Å². The van der Waals surface area contributed by atoms with Crippen LogP contribution < -0.4 is 5.32 Å². The van der Waals surface area contributed by atoms with E-state index in [1.165, 1.54) is 63.6 Å². The van der Waals surface area contributed by atoms with Crippen LogP contribution in [0.2, 0.25) is 0 Å². The molecule has 0 rings (SSSR count). The van der Waals surface area contributed by atoms with Crippen LogP contribution in [0, 0.1) is 17.8 Å². The monoisotopic (exact) mass is 352 g/mol. The number of rotatable bonds is 16. The maximum absolute atomic E-state index is 4.20. The quantitative estimate of drug-likeness (QED) is 0.320. The highest BCUT2D eigenvalue weighted by Crippen LogP contribution is 2.17. The van der Waals surface area contributed by atoms with E-state index in [2.05, 4.69) is 65.4 Å². The maximum Gasteiger partial charge on any atom is 0.0197 e. The minimum Gasteiger partial charge on any atom is -0.378 e. The van der Waals surface area contributed by atoms with Crippen molar-refractivity contribution in [3.8, 4) is 0 Å². The molecule has 0 saturated carbocycles. The minimum atomic E-state index is 0.557. The minimum absolute atomic E-state index is 0.557. The Labute approximate surface area is 159 Å². The Balaban J connectivity index is 3.50. The van der Waals surface area contributed by atoms with Gasteiger partial charge in [-0.3, -0.25) is 0 Å². The van der Waals surface area contributed by atoms with Crippen molar-refractivity contribution >= 4 is 0 Å². The van der Waals surface area contributed by atoms with Gasteiger partial charge in [0.25, 0.3) is 0 Å². The Bertz CT molecular complexity index is 322. The normalized spacial score (nSPS) is 14.1. The molecule has 2 unspecified atom stereocenters. The summed E-state index contributed by atoms with van der Waals surface area (Å²) in [5.74, 6) is 2.15. The zero-order chi connectivity index (χ0) is 19.2. The molecule has 0 aliphatic carbocycles. The molecule has 0 radical (unpaired) electrons. The fraction of sp³-hybridized carbons (Fsp3) is 0.913. The summed E-state index contributed by atoms with van der Waals surface area (Å²) in [4.78, 5) is 2.35. The molecule has 0 aliphatic rings. The summed E-state index contributed by atoms with van der Waals surface area (Å²) >= 11 is 0. The Morgan fingerprint density at radius 3 is 1.76 bits per heavy atom. The van der Waals surface area contributed by atoms with Gasteiger partial charge in [0.05, 0.1) is 0 Å². The first-order chi connectivity index (χ1) is 11.7. The molecule has 0 heterocycles. The van der Waals surface area contributed by atoms with Gasteiger partial charge in [0, 0.05) is 25.3 Å². The number of nitrogens with one attached hydrogen (secondary N) is 1. The molecule has 0 spiro atoms. The summed E-state index contributed by atoms with van der Waals surface area (Å²) in [5.41, 5.74) is 1.27. The van der Waals surface area contributed by atoms with Crippen LogP contribution >= 0.6 is 0 Å². The Morgan fingerprint density at radius 2 is 1.28 bits per heavy atom. The summed E-state index contributed by atoms with van der Waals surface area (Å²) < 4.78 is 0. The molecule has 0 aromatic carbocycles. The van der Waals surface area contributed by atoms with E-state index in [-0.39, 0.29) is 0 Å². The van der Waals surface area contributed by atoms with Crippen molar-refractivity contribution in [3.63, 3.8) is 0 Å². The van der Waals surface area contributed by atoms with Gasteiger partial charge in [-0.2, -0.15) is 0 Å². The molecule has 0 aromatic rings. The first-order valence-electron chi connectivity index (χ1n) is 10.9. The fourth-order valence-corrected chi connectivity index (χ4v) is 3.35. The molecule has 1 N–H and O–H groups in total. The van der Waals surface area contributed by atoms with Crippen LogP contribution in [0.4, 0.5) is 0 Å². The van der Waals surface area contributed by atoms with Crippen molar-refractivity contribution in [2.24, 2.45) is 17.8 Å². The predicted molar refractivity (Wildman–Crippen MR) is 115 cm³/mol. The molecule has 150 valence electrons. The number of unbranched alkanes of at least 4 members (excludes halogenated alkanes) is 5. The van der Waals surface area contributed by atoms with Gasteiger partial charge in [0.15, 0.2) is 0 Å². The van der Waals surface area contributed by atoms with E-state index >= 15 is 0 Å². The van der Waals surface area contributed by atoms with Gasteiger partial charge in [-0.25, -0.2) is 0 Å². The van der Waals surface area contributed by atoms with Crippen molar-refractivity contribution in [1.82, 2.24) is 10.2 Å². The highest BCUT2D eigenvalue weighted by molar-refractivity contribution is 4.95. The molecule has 2 heteroatoms. The molecule has 0 saturated heterocycles. The van der Waals surface area contributed by atoms with Crippen molar-refractivity contribution < 1.29 is 0 Å². The highest BCUT2D eigenvalue weighted by Gasteiger charge is 2.10. The highest BCUT2D eigenvalue weighted by atomic mass is 15.1. The van der Waals surface area contributed by atoms with Crippen LogP contribution in [0.15, 0.2) is 12.3 Å². The molecule has 2 nitrogen and oxygen atoms in total. The van der Waals surface area contributed by atoms with Crippen molar-refractivity contribution in [3.05, 3.63) is 12.3 Å². The molecule has 0 aliphatic heterocycles. The van der Waals surface area contributed by atoms with Crippen LogP contribution in [0.3, 0.4) is 0 Å². The third kappa shape index (κ3) is 14.4. The summed E-state index contributed by atoms with van der Waals surface area (Å²) in [7, 11) is 2.19. The van der Waals surface area contributed by atoms with Gasteiger partial charge in [-0.1, -0.05) is 86.6 Å². The molecular formula is C23H48N2. The lowest BCUT2D eigenvalue weighted by molar-refractivity contribution is 0.306. The van der Waals surface area contributed by atoms with Gasteiger partial charge >= 0.3 is 0 Å². The van der Waals surface area contributed by atoms with Crippen LogP contribution in [-0.2, 0) is 0 Å². The zero-order valence-electron chi connectivity index (χ0n) is 18.5. The van der Waals surface area contributed by atoms with E-state index in [0.717, 1.165) is 18.4 Å². The van der Waals surface area contributed by atoms with Crippen LogP contribution in [-0.4, -0.2) is 31.1 Å². The summed E-state index contributed by atoms with van der Waals surface area (Å²) in [6.07, 6.45) is 11.2. The van der Waals surface area contributed by atoms with Crippen LogP contribution in [0.25, 0.3) is 0 Å². The van der Waals surface area contributed by atoms with Gasteiger partial charge in [-0.05, 0) is 37.1 Å². The zero-order valence-corrected chi connectivity index (χ0v) is 18.5. The molecular weight excluding hydrogens is 304 g/mol. The molecule has 2 atom stereocenters. The third-order valence-electron chi connectivity index (χ3n) is 5.26. The largest absolute Gasteiger partial charge is 0.378 e. The number of hydrogen-bond donors (Lipinski definition) is 1. The molecule has 0 amide bonds. The van der Waals surface area contributed by atoms with Crippen LogP contribution in [0.1, 0.15) is 92.9 Å². The topological polar surface area (TPSA) is 15.3 Å². The van der Waals surface area contributed by atoms with Gasteiger partial charge in [-0.15, -0.1) is 0 Å². The standard InChI is InChI=1S/C23H48N2/c1-19(2)23(7)25(8)18-22(6)16-14-12-10-9-11-13-15-21(5)17-24-20(3)4/h19-22,24H,7,9-18H2,1-6,8H3. The third-order valence-corrected chi connectivity index (χ3v) is 5.26. The van der Waals surface area contributed by atoms with E-state index in [9.17, 15) is 0 Å². The number of nitrogens with zero attached hydrogens (tertiary/aromatic N) is 1. The van der Waals surface area contributed by atoms with Crippen molar-refractivity contribution in [1.29, 1.82) is 0 Å². The fourth-order valence-electron chi connectivity index (χ4n) is 3.35. The first kappa shape index (κ1) is 24.5. The summed E-state index contributed by atoms with van der Waals surface area (Å²) in [6.45, 7) is 20.2. The first-order valence-corrected chi connectivity index (χ1v) is 10.9. The van der Waals surface area contributed by atoms with E-state index in [1.54, 1.807) is 0 Å².